The van der Waals surface area contributed by atoms with Crippen molar-refractivity contribution in [3.05, 3.63) is 22.0 Å². The number of aromatic nitrogens is 4. The summed E-state index contributed by atoms with van der Waals surface area (Å²) in [5.41, 5.74) is 0.767. The molecule has 0 N–H and O–H groups in total. The van der Waals surface area contributed by atoms with Gasteiger partial charge in [0.2, 0.25) is 5.28 Å². The van der Waals surface area contributed by atoms with Crippen molar-refractivity contribution in [2.75, 3.05) is 6.61 Å². The Morgan fingerprint density at radius 3 is 3.15 bits per heavy atom. The summed E-state index contributed by atoms with van der Waals surface area (Å²) in [6, 6.07) is 2.23. The van der Waals surface area contributed by atoms with Crippen LogP contribution < -0.4 is 5.69 Å². The summed E-state index contributed by atoms with van der Waals surface area (Å²) in [4.78, 5) is 20.3. The largest absolute Gasteiger partial charge is 0.358 e. The lowest BCUT2D eigenvalue weighted by Gasteiger charge is -2.26. The molecule has 0 spiro atoms. The van der Waals surface area contributed by atoms with Crippen molar-refractivity contribution in [1.82, 2.24) is 19.1 Å². The zero-order valence-corrected chi connectivity index (χ0v) is 11.5. The number of fused-ring (bicyclic) bond motifs is 1. The highest BCUT2D eigenvalue weighted by atomic mass is 35.5. The highest BCUT2D eigenvalue weighted by molar-refractivity contribution is 6.28. The maximum Gasteiger partial charge on any atom is 0.332 e. The van der Waals surface area contributed by atoms with Crippen LogP contribution in [0.2, 0.25) is 5.28 Å². The number of halogens is 1. The standard InChI is InChI=1S/C12H12ClN5O2/c1-17-8-6-15-11(13)16-10(8)18(12(17)19)9-4-7(5-14)2-3-20-9/h6-7,9H,2-4H2,1H3. The van der Waals surface area contributed by atoms with Gasteiger partial charge in [0.05, 0.1) is 24.8 Å². The topological polar surface area (TPSA) is 85.7 Å². The number of hydrogen-bond donors (Lipinski definition) is 0. The molecule has 3 rings (SSSR count). The molecule has 1 aliphatic heterocycles. The zero-order valence-electron chi connectivity index (χ0n) is 10.8. The van der Waals surface area contributed by atoms with E-state index in [1.807, 2.05) is 0 Å². The predicted octanol–water partition coefficient (Wildman–Crippen LogP) is 1.23. The van der Waals surface area contributed by atoms with E-state index in [2.05, 4.69) is 16.0 Å². The molecule has 2 unspecified atom stereocenters. The minimum atomic E-state index is -0.490. The Hall–Kier alpha value is -1.91. The van der Waals surface area contributed by atoms with Gasteiger partial charge in [-0.25, -0.2) is 14.3 Å². The molecule has 0 aromatic carbocycles. The monoisotopic (exact) mass is 293 g/mol. The lowest BCUT2D eigenvalue weighted by atomic mass is 10.0. The minimum absolute atomic E-state index is 0.0736. The van der Waals surface area contributed by atoms with Gasteiger partial charge in [0.25, 0.3) is 0 Å². The summed E-state index contributed by atoms with van der Waals surface area (Å²) in [6.07, 6.45) is 2.17. The van der Waals surface area contributed by atoms with Gasteiger partial charge in [-0.2, -0.15) is 10.2 Å². The van der Waals surface area contributed by atoms with Crippen molar-refractivity contribution in [3.63, 3.8) is 0 Å². The Balaban J connectivity index is 2.16. The van der Waals surface area contributed by atoms with Gasteiger partial charge in [0.1, 0.15) is 11.7 Å². The summed E-state index contributed by atoms with van der Waals surface area (Å²) in [5.74, 6) is -0.117. The SMILES string of the molecule is Cn1c(=O)n(C2CC(C#N)CCO2)c2nc(Cl)ncc21. The third kappa shape index (κ3) is 1.97. The van der Waals surface area contributed by atoms with Crippen LogP contribution in [0.3, 0.4) is 0 Å². The smallest absolute Gasteiger partial charge is 0.332 e. The van der Waals surface area contributed by atoms with Crippen molar-refractivity contribution in [2.24, 2.45) is 13.0 Å². The minimum Gasteiger partial charge on any atom is -0.358 e. The fourth-order valence-corrected chi connectivity index (χ4v) is 2.58. The van der Waals surface area contributed by atoms with E-state index in [9.17, 15) is 4.79 Å². The second kappa shape index (κ2) is 4.89. The Kier molecular flexibility index (Phi) is 3.20. The summed E-state index contributed by atoms with van der Waals surface area (Å²) >= 11 is 5.81. The molecule has 2 atom stereocenters. The molecule has 104 valence electrons. The molecule has 0 amide bonds. The van der Waals surface area contributed by atoms with Crippen LogP contribution in [0.1, 0.15) is 19.1 Å². The molecule has 20 heavy (non-hydrogen) atoms. The maximum atomic E-state index is 12.3. The van der Waals surface area contributed by atoms with Gasteiger partial charge in [0.15, 0.2) is 5.65 Å². The number of hydrogen-bond acceptors (Lipinski definition) is 5. The molecule has 2 aromatic rings. The summed E-state index contributed by atoms with van der Waals surface area (Å²) < 4.78 is 8.53. The third-order valence-electron chi connectivity index (χ3n) is 3.54. The zero-order chi connectivity index (χ0) is 14.3. The van der Waals surface area contributed by atoms with Crippen molar-refractivity contribution >= 4 is 22.8 Å². The second-order valence-corrected chi connectivity index (χ2v) is 5.07. The Bertz CT molecular complexity index is 760. The van der Waals surface area contributed by atoms with E-state index in [-0.39, 0.29) is 16.9 Å². The first-order valence-corrected chi connectivity index (χ1v) is 6.60. The number of rotatable bonds is 1. The molecule has 0 bridgehead atoms. The predicted molar refractivity (Wildman–Crippen MR) is 71.1 cm³/mol. The first-order valence-electron chi connectivity index (χ1n) is 6.22. The van der Waals surface area contributed by atoms with E-state index in [1.54, 1.807) is 7.05 Å². The van der Waals surface area contributed by atoms with Gasteiger partial charge in [-0.1, -0.05) is 0 Å². The lowest BCUT2D eigenvalue weighted by Crippen LogP contribution is -2.32. The van der Waals surface area contributed by atoms with Gasteiger partial charge in [0, 0.05) is 13.5 Å². The van der Waals surface area contributed by atoms with Crippen molar-refractivity contribution in [2.45, 2.75) is 19.1 Å². The van der Waals surface area contributed by atoms with Crippen molar-refractivity contribution < 1.29 is 4.74 Å². The molecule has 1 aliphatic rings. The number of nitriles is 1. The first kappa shape index (κ1) is 13.1. The van der Waals surface area contributed by atoms with E-state index in [0.717, 1.165) is 0 Å². The van der Waals surface area contributed by atoms with Crippen LogP contribution in [0.4, 0.5) is 0 Å². The van der Waals surface area contributed by atoms with Gasteiger partial charge in [-0.3, -0.25) is 4.57 Å². The number of ether oxygens (including phenoxy) is 1. The van der Waals surface area contributed by atoms with Gasteiger partial charge in [-0.15, -0.1) is 0 Å². The van der Waals surface area contributed by atoms with Crippen LogP contribution in [0.25, 0.3) is 11.2 Å². The van der Waals surface area contributed by atoms with E-state index < -0.39 is 6.23 Å². The molecular formula is C12H12ClN5O2. The highest BCUT2D eigenvalue weighted by Crippen LogP contribution is 2.28. The average Bonchev–Trinajstić information content (AvgIpc) is 2.70. The quantitative estimate of drug-likeness (QED) is 0.738. The number of aryl methyl sites for hydroxylation is 1. The molecule has 2 aromatic heterocycles. The molecule has 0 radical (unpaired) electrons. The molecule has 3 heterocycles. The van der Waals surface area contributed by atoms with E-state index in [1.165, 1.54) is 15.3 Å². The van der Waals surface area contributed by atoms with Crippen LogP contribution >= 0.6 is 11.6 Å². The fourth-order valence-electron chi connectivity index (χ4n) is 2.45. The van der Waals surface area contributed by atoms with Crippen molar-refractivity contribution in [1.29, 1.82) is 5.26 Å². The molecule has 7 nitrogen and oxygen atoms in total. The van der Waals surface area contributed by atoms with Crippen LogP contribution in [0.15, 0.2) is 11.0 Å². The third-order valence-corrected chi connectivity index (χ3v) is 3.72. The van der Waals surface area contributed by atoms with E-state index in [4.69, 9.17) is 21.6 Å². The fraction of sp³-hybridized carbons (Fsp3) is 0.500. The molecule has 1 fully saturated rings. The molecule has 8 heteroatoms. The molecule has 0 saturated carbocycles. The van der Waals surface area contributed by atoms with Crippen LogP contribution in [-0.2, 0) is 11.8 Å². The summed E-state index contributed by atoms with van der Waals surface area (Å²) in [6.45, 7) is 0.449. The van der Waals surface area contributed by atoms with Gasteiger partial charge >= 0.3 is 5.69 Å². The van der Waals surface area contributed by atoms with Crippen LogP contribution in [-0.4, -0.2) is 25.7 Å². The summed E-state index contributed by atoms with van der Waals surface area (Å²) in [7, 11) is 1.64. The number of imidazole rings is 1. The van der Waals surface area contributed by atoms with Gasteiger partial charge < -0.3 is 4.74 Å². The number of nitrogens with zero attached hydrogens (tertiary/aromatic N) is 5. The normalized spacial score (nSPS) is 22.9. The summed E-state index contributed by atoms with van der Waals surface area (Å²) in [5, 5.41) is 9.12. The Morgan fingerprint density at radius 1 is 1.60 bits per heavy atom. The first-order chi connectivity index (χ1) is 9.61. The van der Waals surface area contributed by atoms with E-state index >= 15 is 0 Å². The highest BCUT2D eigenvalue weighted by Gasteiger charge is 2.28. The Morgan fingerprint density at radius 2 is 2.40 bits per heavy atom. The lowest BCUT2D eigenvalue weighted by molar-refractivity contribution is -0.0444. The van der Waals surface area contributed by atoms with Crippen molar-refractivity contribution in [3.8, 4) is 6.07 Å². The van der Waals surface area contributed by atoms with Gasteiger partial charge in [-0.05, 0) is 18.0 Å². The maximum absolute atomic E-state index is 12.3. The second-order valence-electron chi connectivity index (χ2n) is 4.74. The average molecular weight is 294 g/mol. The van der Waals surface area contributed by atoms with Crippen LogP contribution in [0.5, 0.6) is 0 Å². The van der Waals surface area contributed by atoms with E-state index in [0.29, 0.717) is 30.6 Å². The van der Waals surface area contributed by atoms with Crippen LogP contribution in [0, 0.1) is 17.2 Å². The Labute approximate surface area is 119 Å². The molecular weight excluding hydrogens is 282 g/mol. The molecule has 0 aliphatic carbocycles. The molecule has 1 saturated heterocycles.